The molecule has 1 unspecified atom stereocenters. The Kier molecular flexibility index (Phi) is 4.23. The maximum absolute atomic E-state index is 12.3. The lowest BCUT2D eigenvalue weighted by atomic mass is 9.98. The summed E-state index contributed by atoms with van der Waals surface area (Å²) in [6.45, 7) is 0.208. The number of hydrogen-bond acceptors (Lipinski definition) is 5. The van der Waals surface area contributed by atoms with E-state index in [4.69, 9.17) is 0 Å². The van der Waals surface area contributed by atoms with Gasteiger partial charge in [-0.05, 0) is 42.0 Å². The van der Waals surface area contributed by atoms with Gasteiger partial charge >= 0.3 is 6.03 Å². The first-order valence-electron chi connectivity index (χ1n) is 9.80. The standard InChI is InChI=1S/C21H20N6O3/c1-22-19(28)12-4-2-3-11(7-12)13-8-14(13)15-9-17(26-27-6-5-23-18(15)27)16-10-24-21(30)25-20(16)29/h2-7,9,13-14,16H,8,10H2,1H3,(H,22,28)(H2,24,25,29,30)/t13-,14+,16?/m1/s1. The molecule has 0 spiro atoms. The van der Waals surface area contributed by atoms with Crippen molar-refractivity contribution in [1.82, 2.24) is 30.5 Å². The molecule has 1 aromatic carbocycles. The summed E-state index contributed by atoms with van der Waals surface area (Å²) in [5, 5.41) is 12.1. The zero-order valence-corrected chi connectivity index (χ0v) is 16.3. The SMILES string of the molecule is CNC(=O)c1cccc([C@H]2C[C@@H]2c2cc(C3CNC(=O)NC3=O)nn3ccnc23)c1. The number of carbonyl (C=O) groups excluding carboxylic acids is 3. The van der Waals surface area contributed by atoms with E-state index >= 15 is 0 Å². The highest BCUT2D eigenvalue weighted by atomic mass is 16.2. The molecule has 2 aromatic heterocycles. The second-order valence-corrected chi connectivity index (χ2v) is 7.63. The number of fused-ring (bicyclic) bond motifs is 1. The van der Waals surface area contributed by atoms with Crippen LogP contribution in [0.5, 0.6) is 0 Å². The molecule has 1 saturated heterocycles. The van der Waals surface area contributed by atoms with Crippen molar-refractivity contribution in [2.75, 3.05) is 13.6 Å². The fourth-order valence-corrected chi connectivity index (χ4v) is 4.14. The molecule has 3 heterocycles. The van der Waals surface area contributed by atoms with Crippen molar-refractivity contribution >= 4 is 23.5 Å². The second kappa shape index (κ2) is 6.94. The minimum absolute atomic E-state index is 0.110. The minimum Gasteiger partial charge on any atom is -0.355 e. The molecule has 1 aliphatic heterocycles. The van der Waals surface area contributed by atoms with E-state index in [1.165, 1.54) is 0 Å². The number of imidazole rings is 1. The fourth-order valence-electron chi connectivity index (χ4n) is 4.14. The molecule has 1 aliphatic carbocycles. The summed E-state index contributed by atoms with van der Waals surface area (Å²) >= 11 is 0. The maximum Gasteiger partial charge on any atom is 0.321 e. The quantitative estimate of drug-likeness (QED) is 0.606. The van der Waals surface area contributed by atoms with E-state index in [1.54, 1.807) is 30.0 Å². The first kappa shape index (κ1) is 18.3. The number of carbonyl (C=O) groups is 3. The van der Waals surface area contributed by atoms with Crippen molar-refractivity contribution in [3.8, 4) is 0 Å². The average Bonchev–Trinajstić information content (AvgIpc) is 3.41. The number of imide groups is 1. The van der Waals surface area contributed by atoms with Gasteiger partial charge in [-0.1, -0.05) is 12.1 Å². The summed E-state index contributed by atoms with van der Waals surface area (Å²) in [5.41, 5.74) is 4.11. The molecule has 3 N–H and O–H groups in total. The Morgan fingerprint density at radius 1 is 1.23 bits per heavy atom. The van der Waals surface area contributed by atoms with Gasteiger partial charge in [0.1, 0.15) is 0 Å². The van der Waals surface area contributed by atoms with E-state index in [1.807, 2.05) is 24.3 Å². The molecule has 2 aliphatic rings. The van der Waals surface area contributed by atoms with Crippen LogP contribution in [0.4, 0.5) is 4.79 Å². The third-order valence-corrected chi connectivity index (χ3v) is 5.78. The van der Waals surface area contributed by atoms with Crippen LogP contribution in [0.3, 0.4) is 0 Å². The van der Waals surface area contributed by atoms with E-state index in [0.717, 1.165) is 23.2 Å². The zero-order chi connectivity index (χ0) is 20.8. The van der Waals surface area contributed by atoms with Crippen LogP contribution in [0.2, 0.25) is 0 Å². The fraction of sp³-hybridized carbons (Fsp3) is 0.286. The first-order valence-corrected chi connectivity index (χ1v) is 9.80. The zero-order valence-electron chi connectivity index (χ0n) is 16.3. The van der Waals surface area contributed by atoms with Crippen molar-refractivity contribution in [3.63, 3.8) is 0 Å². The average molecular weight is 404 g/mol. The molecule has 5 rings (SSSR count). The molecule has 0 radical (unpaired) electrons. The van der Waals surface area contributed by atoms with Gasteiger partial charge in [0.25, 0.3) is 5.91 Å². The largest absolute Gasteiger partial charge is 0.355 e. The Hall–Kier alpha value is -3.75. The van der Waals surface area contributed by atoms with E-state index in [2.05, 4.69) is 26.0 Å². The highest BCUT2D eigenvalue weighted by Crippen LogP contribution is 2.55. The van der Waals surface area contributed by atoms with Crippen LogP contribution < -0.4 is 16.0 Å². The number of hydrogen-bond donors (Lipinski definition) is 3. The van der Waals surface area contributed by atoms with Gasteiger partial charge in [0, 0.05) is 37.1 Å². The summed E-state index contributed by atoms with van der Waals surface area (Å²) in [5.74, 6) is -0.534. The number of nitrogens with one attached hydrogen (secondary N) is 3. The van der Waals surface area contributed by atoms with Crippen molar-refractivity contribution < 1.29 is 14.4 Å². The molecule has 4 amide bonds. The third kappa shape index (κ3) is 3.08. The van der Waals surface area contributed by atoms with Gasteiger partial charge in [0.2, 0.25) is 5.91 Å². The molecule has 9 nitrogen and oxygen atoms in total. The Bertz CT molecular complexity index is 1190. The van der Waals surface area contributed by atoms with Crippen LogP contribution in [0.1, 0.15) is 51.4 Å². The van der Waals surface area contributed by atoms with Crippen molar-refractivity contribution in [3.05, 3.63) is 65.1 Å². The van der Waals surface area contributed by atoms with Gasteiger partial charge in [-0.25, -0.2) is 14.3 Å². The molecular formula is C21H20N6O3. The summed E-state index contributed by atoms with van der Waals surface area (Å²) < 4.78 is 1.69. The smallest absolute Gasteiger partial charge is 0.321 e. The monoisotopic (exact) mass is 404 g/mol. The summed E-state index contributed by atoms with van der Waals surface area (Å²) in [4.78, 5) is 40.1. The predicted molar refractivity (Wildman–Crippen MR) is 107 cm³/mol. The summed E-state index contributed by atoms with van der Waals surface area (Å²) in [6, 6.07) is 9.10. The van der Waals surface area contributed by atoms with Gasteiger partial charge < -0.3 is 10.6 Å². The van der Waals surface area contributed by atoms with Crippen molar-refractivity contribution in [2.24, 2.45) is 0 Å². The lowest BCUT2D eigenvalue weighted by Gasteiger charge is -2.22. The molecule has 2 fully saturated rings. The van der Waals surface area contributed by atoms with Crippen LogP contribution in [-0.2, 0) is 4.79 Å². The highest BCUT2D eigenvalue weighted by Gasteiger charge is 2.42. The van der Waals surface area contributed by atoms with Gasteiger partial charge in [-0.15, -0.1) is 0 Å². The maximum atomic E-state index is 12.3. The topological polar surface area (TPSA) is 117 Å². The number of amides is 4. The Morgan fingerprint density at radius 2 is 2.10 bits per heavy atom. The van der Waals surface area contributed by atoms with Crippen LogP contribution >= 0.6 is 0 Å². The molecular weight excluding hydrogens is 384 g/mol. The molecule has 3 atom stereocenters. The molecule has 3 aromatic rings. The number of rotatable bonds is 4. The Morgan fingerprint density at radius 3 is 2.90 bits per heavy atom. The summed E-state index contributed by atoms with van der Waals surface area (Å²) in [7, 11) is 1.62. The van der Waals surface area contributed by atoms with Crippen LogP contribution in [-0.4, -0.2) is 46.0 Å². The number of urea groups is 1. The Labute approximate surface area is 171 Å². The van der Waals surface area contributed by atoms with E-state index in [-0.39, 0.29) is 30.2 Å². The number of aromatic nitrogens is 3. The number of nitrogens with zero attached hydrogens (tertiary/aromatic N) is 3. The van der Waals surface area contributed by atoms with Crippen molar-refractivity contribution in [1.29, 1.82) is 0 Å². The van der Waals surface area contributed by atoms with Gasteiger partial charge in [-0.3, -0.25) is 14.9 Å². The van der Waals surface area contributed by atoms with Gasteiger partial charge in [0.15, 0.2) is 5.65 Å². The molecule has 0 bridgehead atoms. The van der Waals surface area contributed by atoms with Gasteiger partial charge in [0.05, 0.1) is 11.6 Å². The lowest BCUT2D eigenvalue weighted by molar-refractivity contribution is -0.122. The third-order valence-electron chi connectivity index (χ3n) is 5.78. The van der Waals surface area contributed by atoms with Crippen LogP contribution in [0.15, 0.2) is 42.7 Å². The molecule has 1 saturated carbocycles. The normalized spacial score (nSPS) is 23.0. The number of benzene rings is 1. The molecule has 152 valence electrons. The van der Waals surface area contributed by atoms with Crippen LogP contribution in [0.25, 0.3) is 5.65 Å². The van der Waals surface area contributed by atoms with E-state index in [9.17, 15) is 14.4 Å². The predicted octanol–water partition coefficient (Wildman–Crippen LogP) is 1.28. The second-order valence-electron chi connectivity index (χ2n) is 7.63. The van der Waals surface area contributed by atoms with Crippen molar-refractivity contribution in [2.45, 2.75) is 24.2 Å². The van der Waals surface area contributed by atoms with E-state index < -0.39 is 11.9 Å². The van der Waals surface area contributed by atoms with Crippen LogP contribution in [0, 0.1) is 0 Å². The lowest BCUT2D eigenvalue weighted by Crippen LogP contribution is -2.51. The molecule has 30 heavy (non-hydrogen) atoms. The minimum atomic E-state index is -0.554. The highest BCUT2D eigenvalue weighted by molar-refractivity contribution is 6.00. The summed E-state index contributed by atoms with van der Waals surface area (Å²) in [6.07, 6.45) is 4.37. The molecule has 9 heteroatoms. The van der Waals surface area contributed by atoms with Gasteiger partial charge in [-0.2, -0.15) is 5.10 Å². The Balaban J connectivity index is 1.48. The van der Waals surface area contributed by atoms with E-state index in [0.29, 0.717) is 11.3 Å². The first-order chi connectivity index (χ1) is 14.5.